The van der Waals surface area contributed by atoms with Gasteiger partial charge in [-0.2, -0.15) is 0 Å². The van der Waals surface area contributed by atoms with Crippen molar-refractivity contribution in [3.8, 4) is 0 Å². The van der Waals surface area contributed by atoms with Crippen LogP contribution in [0.25, 0.3) is 0 Å². The Labute approximate surface area is 106 Å². The van der Waals surface area contributed by atoms with Crippen LogP contribution in [0.2, 0.25) is 0 Å². The number of carboxylic acid groups (broad SMARTS) is 1. The molecule has 0 bridgehead atoms. The molecule has 0 aliphatic rings. The highest BCUT2D eigenvalue weighted by atomic mass is 19.3. The number of carbonyl (C=O) groups is 1. The quantitative estimate of drug-likeness (QED) is 0.880. The summed E-state index contributed by atoms with van der Waals surface area (Å²) >= 11 is 0. The van der Waals surface area contributed by atoms with Crippen LogP contribution in [0.4, 0.5) is 8.78 Å². The fourth-order valence-corrected chi connectivity index (χ4v) is 1.70. The predicted octanol–water partition coefficient (Wildman–Crippen LogP) is 1.12. The van der Waals surface area contributed by atoms with E-state index in [1.54, 1.807) is 23.9 Å². The molecule has 102 valence electrons. The first-order chi connectivity index (χ1) is 9.00. The van der Waals surface area contributed by atoms with E-state index >= 15 is 0 Å². The van der Waals surface area contributed by atoms with Gasteiger partial charge in [0.2, 0.25) is 0 Å². The van der Waals surface area contributed by atoms with Gasteiger partial charge >= 0.3 is 5.97 Å². The van der Waals surface area contributed by atoms with Crippen molar-refractivity contribution in [2.24, 2.45) is 0 Å². The molecule has 0 saturated heterocycles. The lowest BCUT2D eigenvalue weighted by Gasteiger charge is -2.07. The first-order valence-corrected chi connectivity index (χ1v) is 5.43. The zero-order chi connectivity index (χ0) is 14.0. The Balaban J connectivity index is 2.21. The molecule has 0 unspecified atom stereocenters. The Morgan fingerprint density at radius 2 is 2.21 bits per heavy atom. The Bertz CT molecular complexity index is 593. The Morgan fingerprint density at radius 3 is 2.74 bits per heavy atom. The molecule has 1 N–H and O–H groups in total. The standard InChI is InChI=1S/C10H11F2N5O2/c1-6-13-2-3-16(6)4-5-17-8(9(11)12)7(10(18)19)14-15-17/h2-3,9H,4-5H2,1H3,(H,18,19). The lowest BCUT2D eigenvalue weighted by atomic mass is 10.3. The summed E-state index contributed by atoms with van der Waals surface area (Å²) in [5, 5.41) is 15.5. The molecule has 19 heavy (non-hydrogen) atoms. The van der Waals surface area contributed by atoms with Gasteiger partial charge in [0.15, 0.2) is 5.69 Å². The van der Waals surface area contributed by atoms with Gasteiger partial charge in [0.05, 0.1) is 6.54 Å². The number of rotatable bonds is 5. The summed E-state index contributed by atoms with van der Waals surface area (Å²) in [5.74, 6) is -0.780. The van der Waals surface area contributed by atoms with Crippen LogP contribution in [0.5, 0.6) is 0 Å². The SMILES string of the molecule is Cc1nccn1CCn1nnc(C(=O)O)c1C(F)F. The first-order valence-electron chi connectivity index (χ1n) is 5.43. The third kappa shape index (κ3) is 2.59. The second-order valence-electron chi connectivity index (χ2n) is 3.82. The molecule has 0 aliphatic heterocycles. The third-order valence-corrected chi connectivity index (χ3v) is 2.66. The van der Waals surface area contributed by atoms with E-state index in [2.05, 4.69) is 15.3 Å². The van der Waals surface area contributed by atoms with E-state index in [9.17, 15) is 13.6 Å². The molecule has 0 radical (unpaired) electrons. The highest BCUT2D eigenvalue weighted by molar-refractivity contribution is 5.86. The van der Waals surface area contributed by atoms with Crippen molar-refractivity contribution >= 4 is 5.97 Å². The summed E-state index contributed by atoms with van der Waals surface area (Å²) in [7, 11) is 0. The predicted molar refractivity (Wildman–Crippen MR) is 58.9 cm³/mol. The maximum atomic E-state index is 12.8. The number of carboxylic acids is 1. The maximum absolute atomic E-state index is 12.8. The minimum Gasteiger partial charge on any atom is -0.476 e. The normalized spacial score (nSPS) is 11.2. The van der Waals surface area contributed by atoms with Crippen molar-refractivity contribution < 1.29 is 18.7 Å². The summed E-state index contributed by atoms with van der Waals surface area (Å²) in [4.78, 5) is 14.8. The molecule has 9 heteroatoms. The van der Waals surface area contributed by atoms with Crippen LogP contribution >= 0.6 is 0 Å². The molecule has 0 fully saturated rings. The van der Waals surface area contributed by atoms with Crippen LogP contribution in [0.1, 0.15) is 28.4 Å². The average molecular weight is 271 g/mol. The van der Waals surface area contributed by atoms with Crippen LogP contribution in [-0.4, -0.2) is 35.6 Å². The van der Waals surface area contributed by atoms with Crippen molar-refractivity contribution in [1.29, 1.82) is 0 Å². The van der Waals surface area contributed by atoms with Gasteiger partial charge in [0, 0.05) is 18.9 Å². The minimum atomic E-state index is -2.94. The molecular weight excluding hydrogens is 260 g/mol. The summed E-state index contributed by atoms with van der Waals surface area (Å²) in [5.41, 5.74) is -1.39. The fraction of sp³-hybridized carbons (Fsp3) is 0.400. The topological polar surface area (TPSA) is 85.8 Å². The minimum absolute atomic E-state index is 0.0944. The molecule has 0 spiro atoms. The second-order valence-corrected chi connectivity index (χ2v) is 3.82. The van der Waals surface area contributed by atoms with E-state index in [0.717, 1.165) is 10.5 Å². The smallest absolute Gasteiger partial charge is 0.358 e. The Hall–Kier alpha value is -2.32. The Kier molecular flexibility index (Phi) is 3.54. The molecular formula is C10H11F2N5O2. The molecule has 0 atom stereocenters. The monoisotopic (exact) mass is 271 g/mol. The number of halogens is 2. The number of nitrogens with zero attached hydrogens (tertiary/aromatic N) is 5. The Morgan fingerprint density at radius 1 is 1.47 bits per heavy atom. The highest BCUT2D eigenvalue weighted by Gasteiger charge is 2.26. The van der Waals surface area contributed by atoms with Gasteiger partial charge in [-0.1, -0.05) is 5.21 Å². The summed E-state index contributed by atoms with van der Waals surface area (Å²) < 4.78 is 28.3. The molecule has 2 aromatic rings. The number of hydrogen-bond donors (Lipinski definition) is 1. The van der Waals surface area contributed by atoms with E-state index in [-0.39, 0.29) is 6.54 Å². The van der Waals surface area contributed by atoms with Gasteiger partial charge in [0.1, 0.15) is 11.5 Å². The second kappa shape index (κ2) is 5.12. The van der Waals surface area contributed by atoms with Crippen LogP contribution in [0.3, 0.4) is 0 Å². The molecule has 2 heterocycles. The van der Waals surface area contributed by atoms with Gasteiger partial charge in [0.25, 0.3) is 6.43 Å². The molecule has 0 aliphatic carbocycles. The van der Waals surface area contributed by atoms with E-state index < -0.39 is 23.8 Å². The van der Waals surface area contributed by atoms with Gasteiger partial charge in [-0.25, -0.2) is 23.2 Å². The maximum Gasteiger partial charge on any atom is 0.358 e. The van der Waals surface area contributed by atoms with Gasteiger partial charge in [-0.05, 0) is 6.92 Å². The fourth-order valence-electron chi connectivity index (χ4n) is 1.70. The summed E-state index contributed by atoms with van der Waals surface area (Å²) in [6.45, 7) is 2.23. The summed E-state index contributed by atoms with van der Waals surface area (Å²) in [6, 6.07) is 0. The van der Waals surface area contributed by atoms with Crippen LogP contribution in [0, 0.1) is 6.92 Å². The van der Waals surface area contributed by atoms with Crippen molar-refractivity contribution in [3.05, 3.63) is 29.6 Å². The summed E-state index contributed by atoms with van der Waals surface area (Å²) in [6.07, 6.45) is 0.352. The zero-order valence-electron chi connectivity index (χ0n) is 9.99. The number of hydrogen-bond acceptors (Lipinski definition) is 4. The first kappa shape index (κ1) is 13.1. The molecule has 0 saturated carbocycles. The van der Waals surface area contributed by atoms with Crippen molar-refractivity contribution in [3.63, 3.8) is 0 Å². The molecule has 0 amide bonds. The molecule has 7 nitrogen and oxygen atoms in total. The number of aryl methyl sites for hydroxylation is 3. The highest BCUT2D eigenvalue weighted by Crippen LogP contribution is 2.21. The average Bonchev–Trinajstić information content (AvgIpc) is 2.92. The van der Waals surface area contributed by atoms with Gasteiger partial charge in [-0.15, -0.1) is 5.10 Å². The number of aromatic nitrogens is 5. The van der Waals surface area contributed by atoms with E-state index in [1.807, 2.05) is 0 Å². The van der Waals surface area contributed by atoms with Crippen LogP contribution < -0.4 is 0 Å². The van der Waals surface area contributed by atoms with Crippen molar-refractivity contribution in [1.82, 2.24) is 24.5 Å². The number of alkyl halides is 2. The van der Waals surface area contributed by atoms with Crippen LogP contribution in [-0.2, 0) is 13.1 Å². The number of imidazole rings is 1. The van der Waals surface area contributed by atoms with Gasteiger partial charge < -0.3 is 9.67 Å². The molecule has 2 rings (SSSR count). The molecule has 2 aromatic heterocycles. The van der Waals surface area contributed by atoms with Gasteiger partial charge in [-0.3, -0.25) is 0 Å². The third-order valence-electron chi connectivity index (χ3n) is 2.66. The molecule has 0 aromatic carbocycles. The van der Waals surface area contributed by atoms with Crippen molar-refractivity contribution in [2.75, 3.05) is 0 Å². The largest absolute Gasteiger partial charge is 0.476 e. The van der Waals surface area contributed by atoms with Crippen LogP contribution in [0.15, 0.2) is 12.4 Å². The zero-order valence-corrected chi connectivity index (χ0v) is 9.99. The lowest BCUT2D eigenvalue weighted by molar-refractivity contribution is 0.0675. The number of aromatic carboxylic acids is 1. The van der Waals surface area contributed by atoms with E-state index in [4.69, 9.17) is 5.11 Å². The van der Waals surface area contributed by atoms with E-state index in [0.29, 0.717) is 6.54 Å². The lowest BCUT2D eigenvalue weighted by Crippen LogP contribution is -2.13. The van der Waals surface area contributed by atoms with E-state index in [1.165, 1.54) is 0 Å². The van der Waals surface area contributed by atoms with Crippen molar-refractivity contribution in [2.45, 2.75) is 26.4 Å².